The molecule has 1 fully saturated rings. The third-order valence-corrected chi connectivity index (χ3v) is 4.29. The molecule has 1 saturated heterocycles. The third-order valence-electron chi connectivity index (χ3n) is 4.29. The largest absolute Gasteiger partial charge is 0.316 e. The van der Waals surface area contributed by atoms with E-state index in [0.29, 0.717) is 0 Å². The van der Waals surface area contributed by atoms with Crippen LogP contribution in [0.15, 0.2) is 12.7 Å². The first kappa shape index (κ1) is 15.7. The second kappa shape index (κ2) is 7.30. The molecule has 0 saturated carbocycles. The first-order valence-electron chi connectivity index (χ1n) is 7.52. The summed E-state index contributed by atoms with van der Waals surface area (Å²) in [6.45, 7) is 17.8. The third kappa shape index (κ3) is 5.11. The van der Waals surface area contributed by atoms with E-state index in [2.05, 4.69) is 44.5 Å². The zero-order valence-electron chi connectivity index (χ0n) is 12.8. The standard InChI is InChI=1S/C16H32N2/c1-6-11-18(16(3,4)5)12-9-14(2)15-8-7-10-17-13-15/h6,14-15,17H,1,7-13H2,2-5H3. The highest BCUT2D eigenvalue weighted by Gasteiger charge is 2.23. The first-order valence-corrected chi connectivity index (χ1v) is 7.52. The van der Waals surface area contributed by atoms with E-state index < -0.39 is 0 Å². The van der Waals surface area contributed by atoms with Crippen molar-refractivity contribution < 1.29 is 0 Å². The van der Waals surface area contributed by atoms with Gasteiger partial charge in [0, 0.05) is 12.1 Å². The number of piperidine rings is 1. The molecule has 2 unspecified atom stereocenters. The fourth-order valence-corrected chi connectivity index (χ4v) is 2.82. The van der Waals surface area contributed by atoms with Crippen LogP contribution in [0.1, 0.15) is 47.0 Å². The summed E-state index contributed by atoms with van der Waals surface area (Å²) in [6, 6.07) is 0. The van der Waals surface area contributed by atoms with Gasteiger partial charge in [0.15, 0.2) is 0 Å². The maximum atomic E-state index is 3.88. The van der Waals surface area contributed by atoms with E-state index >= 15 is 0 Å². The van der Waals surface area contributed by atoms with Crippen LogP contribution in [0.5, 0.6) is 0 Å². The molecule has 0 aromatic carbocycles. The number of nitrogens with one attached hydrogen (secondary N) is 1. The summed E-state index contributed by atoms with van der Waals surface area (Å²) >= 11 is 0. The van der Waals surface area contributed by atoms with Crippen LogP contribution in [0.25, 0.3) is 0 Å². The van der Waals surface area contributed by atoms with Crippen molar-refractivity contribution in [3.05, 3.63) is 12.7 Å². The smallest absolute Gasteiger partial charge is 0.0165 e. The van der Waals surface area contributed by atoms with Crippen LogP contribution in [0.4, 0.5) is 0 Å². The van der Waals surface area contributed by atoms with E-state index in [9.17, 15) is 0 Å². The molecule has 106 valence electrons. The van der Waals surface area contributed by atoms with E-state index in [1.807, 2.05) is 6.08 Å². The first-order chi connectivity index (χ1) is 8.45. The Hall–Kier alpha value is -0.340. The molecule has 2 atom stereocenters. The van der Waals surface area contributed by atoms with Gasteiger partial charge < -0.3 is 5.32 Å². The minimum absolute atomic E-state index is 0.249. The van der Waals surface area contributed by atoms with Crippen molar-refractivity contribution in [2.24, 2.45) is 11.8 Å². The van der Waals surface area contributed by atoms with Crippen LogP contribution in [-0.2, 0) is 0 Å². The summed E-state index contributed by atoms with van der Waals surface area (Å²) in [5.41, 5.74) is 0.249. The van der Waals surface area contributed by atoms with Gasteiger partial charge in [0.25, 0.3) is 0 Å². The normalized spacial score (nSPS) is 23.1. The van der Waals surface area contributed by atoms with Crippen LogP contribution < -0.4 is 5.32 Å². The molecule has 0 aliphatic carbocycles. The van der Waals surface area contributed by atoms with Crippen molar-refractivity contribution in [2.45, 2.75) is 52.5 Å². The van der Waals surface area contributed by atoms with Crippen molar-refractivity contribution >= 4 is 0 Å². The molecule has 1 aliphatic heterocycles. The lowest BCUT2D eigenvalue weighted by atomic mass is 9.85. The van der Waals surface area contributed by atoms with Gasteiger partial charge in [0.2, 0.25) is 0 Å². The molecule has 0 aromatic heterocycles. The molecule has 0 radical (unpaired) electrons. The molecular formula is C16H32N2. The maximum Gasteiger partial charge on any atom is 0.0165 e. The van der Waals surface area contributed by atoms with Gasteiger partial charge >= 0.3 is 0 Å². The SMILES string of the molecule is C=CCN(CCC(C)C1CCCNC1)C(C)(C)C. The monoisotopic (exact) mass is 252 g/mol. The van der Waals surface area contributed by atoms with Crippen LogP contribution in [0.3, 0.4) is 0 Å². The summed E-state index contributed by atoms with van der Waals surface area (Å²) < 4.78 is 0. The molecule has 0 amide bonds. The predicted octanol–water partition coefficient (Wildman–Crippen LogP) is 3.30. The molecule has 2 nitrogen and oxygen atoms in total. The summed E-state index contributed by atoms with van der Waals surface area (Å²) in [5.74, 6) is 1.71. The predicted molar refractivity (Wildman–Crippen MR) is 80.9 cm³/mol. The lowest BCUT2D eigenvalue weighted by Gasteiger charge is -2.37. The summed E-state index contributed by atoms with van der Waals surface area (Å²) in [5, 5.41) is 3.53. The van der Waals surface area contributed by atoms with Gasteiger partial charge in [0.1, 0.15) is 0 Å². The number of rotatable bonds is 6. The van der Waals surface area contributed by atoms with Crippen LogP contribution in [-0.4, -0.2) is 36.6 Å². The Balaban J connectivity index is 2.38. The Morgan fingerprint density at radius 2 is 2.17 bits per heavy atom. The fraction of sp³-hybridized carbons (Fsp3) is 0.875. The average Bonchev–Trinajstić information content (AvgIpc) is 2.33. The van der Waals surface area contributed by atoms with Gasteiger partial charge in [-0.2, -0.15) is 0 Å². The molecule has 2 heteroatoms. The van der Waals surface area contributed by atoms with Gasteiger partial charge in [0.05, 0.1) is 0 Å². The molecule has 0 spiro atoms. The van der Waals surface area contributed by atoms with Crippen molar-refractivity contribution in [1.82, 2.24) is 10.2 Å². The van der Waals surface area contributed by atoms with Gasteiger partial charge in [-0.05, 0) is 71.5 Å². The van der Waals surface area contributed by atoms with Crippen LogP contribution >= 0.6 is 0 Å². The highest BCUT2D eigenvalue weighted by atomic mass is 15.2. The Kier molecular flexibility index (Phi) is 6.37. The van der Waals surface area contributed by atoms with Gasteiger partial charge in [-0.3, -0.25) is 4.90 Å². The maximum absolute atomic E-state index is 3.88. The Labute approximate surface area is 114 Å². The average molecular weight is 252 g/mol. The lowest BCUT2D eigenvalue weighted by molar-refractivity contribution is 0.134. The second-order valence-electron chi connectivity index (χ2n) is 6.78. The zero-order chi connectivity index (χ0) is 13.6. The van der Waals surface area contributed by atoms with Crippen molar-refractivity contribution in [1.29, 1.82) is 0 Å². The molecule has 1 rings (SSSR count). The Morgan fingerprint density at radius 3 is 2.67 bits per heavy atom. The molecule has 0 aromatic rings. The quantitative estimate of drug-likeness (QED) is 0.730. The van der Waals surface area contributed by atoms with E-state index in [1.54, 1.807) is 0 Å². The van der Waals surface area contributed by atoms with E-state index in [1.165, 1.54) is 38.9 Å². The number of hydrogen-bond donors (Lipinski definition) is 1. The van der Waals surface area contributed by atoms with E-state index in [4.69, 9.17) is 0 Å². The number of hydrogen-bond acceptors (Lipinski definition) is 2. The van der Waals surface area contributed by atoms with Gasteiger partial charge in [-0.25, -0.2) is 0 Å². The van der Waals surface area contributed by atoms with Gasteiger partial charge in [-0.1, -0.05) is 13.0 Å². The minimum atomic E-state index is 0.249. The minimum Gasteiger partial charge on any atom is -0.316 e. The van der Waals surface area contributed by atoms with E-state index in [-0.39, 0.29) is 5.54 Å². The molecular weight excluding hydrogens is 220 g/mol. The number of nitrogens with zero attached hydrogens (tertiary/aromatic N) is 1. The summed E-state index contributed by atoms with van der Waals surface area (Å²) in [6.07, 6.45) is 6.09. The molecule has 1 N–H and O–H groups in total. The Morgan fingerprint density at radius 1 is 1.44 bits per heavy atom. The molecule has 0 bridgehead atoms. The molecule has 1 aliphatic rings. The van der Waals surface area contributed by atoms with Gasteiger partial charge in [-0.15, -0.1) is 6.58 Å². The van der Waals surface area contributed by atoms with Crippen LogP contribution in [0.2, 0.25) is 0 Å². The second-order valence-corrected chi connectivity index (χ2v) is 6.78. The van der Waals surface area contributed by atoms with Crippen molar-refractivity contribution in [2.75, 3.05) is 26.2 Å². The lowest BCUT2D eigenvalue weighted by Crippen LogP contribution is -2.43. The Bertz CT molecular complexity index is 236. The zero-order valence-corrected chi connectivity index (χ0v) is 12.8. The topological polar surface area (TPSA) is 15.3 Å². The van der Waals surface area contributed by atoms with E-state index in [0.717, 1.165) is 18.4 Å². The molecule has 1 heterocycles. The highest BCUT2D eigenvalue weighted by Crippen LogP contribution is 2.24. The fourth-order valence-electron chi connectivity index (χ4n) is 2.82. The van der Waals surface area contributed by atoms with Crippen molar-refractivity contribution in [3.63, 3.8) is 0 Å². The molecule has 18 heavy (non-hydrogen) atoms. The summed E-state index contributed by atoms with van der Waals surface area (Å²) in [7, 11) is 0. The van der Waals surface area contributed by atoms with Crippen LogP contribution in [0, 0.1) is 11.8 Å². The van der Waals surface area contributed by atoms with Crippen molar-refractivity contribution in [3.8, 4) is 0 Å². The highest BCUT2D eigenvalue weighted by molar-refractivity contribution is 4.84. The summed E-state index contributed by atoms with van der Waals surface area (Å²) in [4.78, 5) is 2.53.